The van der Waals surface area contributed by atoms with E-state index in [4.69, 9.17) is 4.42 Å². The normalized spacial score (nSPS) is 10.4. The van der Waals surface area contributed by atoms with Gasteiger partial charge in [0, 0.05) is 5.56 Å². The number of alkyl halides is 1. The number of halogens is 1. The highest BCUT2D eigenvalue weighted by Crippen LogP contribution is 2.19. The van der Waals surface area contributed by atoms with Crippen LogP contribution in [0, 0.1) is 6.92 Å². The van der Waals surface area contributed by atoms with Crippen molar-refractivity contribution in [2.75, 3.05) is 0 Å². The number of aryl methyl sites for hydroxylation is 1. The van der Waals surface area contributed by atoms with Crippen molar-refractivity contribution in [2.24, 2.45) is 0 Å². The predicted molar refractivity (Wildman–Crippen MR) is 51.5 cm³/mol. The summed E-state index contributed by atoms with van der Waals surface area (Å²) in [5, 5.41) is 0. The molecule has 3 heteroatoms. The molecule has 0 unspecified atom stereocenters. The van der Waals surface area contributed by atoms with Gasteiger partial charge in [-0.1, -0.05) is 12.1 Å². The Labute approximate surface area is 81.4 Å². The standard InChI is InChI=1S/C11H10FNO/c1-8-7-14-11(13-8)10-4-2-9(6-12)3-5-10/h2-5,7H,6H2,1H3. The first kappa shape index (κ1) is 8.94. The summed E-state index contributed by atoms with van der Waals surface area (Å²) in [4.78, 5) is 4.18. The average Bonchev–Trinajstić information content (AvgIpc) is 2.65. The lowest BCUT2D eigenvalue weighted by molar-refractivity contribution is 0.485. The summed E-state index contributed by atoms with van der Waals surface area (Å²) in [5.74, 6) is 0.577. The van der Waals surface area contributed by atoms with Gasteiger partial charge in [-0.25, -0.2) is 9.37 Å². The molecule has 0 saturated carbocycles. The van der Waals surface area contributed by atoms with Gasteiger partial charge in [0.15, 0.2) is 0 Å². The van der Waals surface area contributed by atoms with Crippen molar-refractivity contribution in [1.82, 2.24) is 4.98 Å². The summed E-state index contributed by atoms with van der Waals surface area (Å²) in [6.07, 6.45) is 1.60. The van der Waals surface area contributed by atoms with Crippen molar-refractivity contribution in [3.63, 3.8) is 0 Å². The first-order valence-corrected chi connectivity index (χ1v) is 4.37. The van der Waals surface area contributed by atoms with E-state index in [-0.39, 0.29) is 0 Å². The third-order valence-electron chi connectivity index (χ3n) is 1.97. The third-order valence-corrected chi connectivity index (χ3v) is 1.97. The summed E-state index contributed by atoms with van der Waals surface area (Å²) in [6, 6.07) is 7.07. The van der Waals surface area contributed by atoms with Crippen molar-refractivity contribution in [3.8, 4) is 11.5 Å². The fourth-order valence-corrected chi connectivity index (χ4v) is 1.22. The molecule has 0 radical (unpaired) electrons. The molecule has 14 heavy (non-hydrogen) atoms. The third kappa shape index (κ3) is 1.66. The largest absolute Gasteiger partial charge is 0.444 e. The number of benzene rings is 1. The molecule has 2 rings (SSSR count). The molecule has 0 saturated heterocycles. The van der Waals surface area contributed by atoms with Crippen molar-refractivity contribution >= 4 is 0 Å². The van der Waals surface area contributed by atoms with Gasteiger partial charge in [0.1, 0.15) is 12.9 Å². The Kier molecular flexibility index (Phi) is 2.31. The van der Waals surface area contributed by atoms with Crippen LogP contribution in [0.25, 0.3) is 11.5 Å². The van der Waals surface area contributed by atoms with Crippen LogP contribution >= 0.6 is 0 Å². The quantitative estimate of drug-likeness (QED) is 0.728. The molecule has 2 nitrogen and oxygen atoms in total. The average molecular weight is 191 g/mol. The lowest BCUT2D eigenvalue weighted by atomic mass is 10.1. The van der Waals surface area contributed by atoms with Crippen LogP contribution < -0.4 is 0 Å². The van der Waals surface area contributed by atoms with Crippen LogP contribution in [0.15, 0.2) is 34.9 Å². The van der Waals surface area contributed by atoms with Gasteiger partial charge in [-0.05, 0) is 24.6 Å². The number of nitrogens with zero attached hydrogens (tertiary/aromatic N) is 1. The van der Waals surface area contributed by atoms with Gasteiger partial charge in [0.25, 0.3) is 0 Å². The molecule has 1 aromatic carbocycles. The van der Waals surface area contributed by atoms with Crippen LogP contribution in [0.5, 0.6) is 0 Å². The highest BCUT2D eigenvalue weighted by Gasteiger charge is 2.03. The SMILES string of the molecule is Cc1coc(-c2ccc(CF)cc2)n1. The number of rotatable bonds is 2. The van der Waals surface area contributed by atoms with Gasteiger partial charge in [0.05, 0.1) is 5.69 Å². The summed E-state index contributed by atoms with van der Waals surface area (Å²) in [6.45, 7) is 1.42. The molecule has 0 atom stereocenters. The highest BCUT2D eigenvalue weighted by molar-refractivity contribution is 5.53. The zero-order chi connectivity index (χ0) is 9.97. The van der Waals surface area contributed by atoms with Gasteiger partial charge >= 0.3 is 0 Å². The molecule has 0 amide bonds. The number of aromatic nitrogens is 1. The molecule has 1 aromatic heterocycles. The number of hydrogen-bond acceptors (Lipinski definition) is 2. The molecule has 0 N–H and O–H groups in total. The second-order valence-electron chi connectivity index (χ2n) is 3.12. The Morgan fingerprint density at radius 2 is 2.00 bits per heavy atom. The molecule has 0 bridgehead atoms. The van der Waals surface area contributed by atoms with Crippen LogP contribution in [0.4, 0.5) is 4.39 Å². The van der Waals surface area contributed by atoms with E-state index in [9.17, 15) is 4.39 Å². The minimum Gasteiger partial charge on any atom is -0.444 e. The Morgan fingerprint density at radius 3 is 2.50 bits per heavy atom. The molecule has 0 spiro atoms. The fraction of sp³-hybridized carbons (Fsp3) is 0.182. The van der Waals surface area contributed by atoms with E-state index < -0.39 is 6.67 Å². The van der Waals surface area contributed by atoms with Crippen molar-refractivity contribution < 1.29 is 8.81 Å². The maximum Gasteiger partial charge on any atom is 0.226 e. The van der Waals surface area contributed by atoms with Crippen molar-refractivity contribution in [1.29, 1.82) is 0 Å². The minimum absolute atomic E-state index is 0.440. The topological polar surface area (TPSA) is 26.0 Å². The van der Waals surface area contributed by atoms with E-state index in [0.29, 0.717) is 11.5 Å². The molecule has 72 valence electrons. The zero-order valence-electron chi connectivity index (χ0n) is 7.83. The first-order valence-electron chi connectivity index (χ1n) is 4.37. The first-order chi connectivity index (χ1) is 6.79. The summed E-state index contributed by atoms with van der Waals surface area (Å²) < 4.78 is 17.4. The monoisotopic (exact) mass is 191 g/mol. The van der Waals surface area contributed by atoms with Gasteiger partial charge < -0.3 is 4.42 Å². The Morgan fingerprint density at radius 1 is 1.29 bits per heavy atom. The molecular formula is C11H10FNO. The Hall–Kier alpha value is -1.64. The second kappa shape index (κ2) is 3.62. The van der Waals surface area contributed by atoms with Crippen LogP contribution in [0.3, 0.4) is 0 Å². The van der Waals surface area contributed by atoms with Crippen LogP contribution in [0.2, 0.25) is 0 Å². The Balaban J connectivity index is 2.33. The van der Waals surface area contributed by atoms with E-state index in [1.165, 1.54) is 0 Å². The molecule has 0 fully saturated rings. The summed E-state index contributed by atoms with van der Waals surface area (Å²) in [7, 11) is 0. The van der Waals surface area contributed by atoms with Gasteiger partial charge in [-0.15, -0.1) is 0 Å². The van der Waals surface area contributed by atoms with Crippen LogP contribution in [-0.4, -0.2) is 4.98 Å². The molecule has 0 aliphatic carbocycles. The maximum atomic E-state index is 12.2. The van der Waals surface area contributed by atoms with E-state index >= 15 is 0 Å². The number of hydrogen-bond donors (Lipinski definition) is 0. The number of oxazole rings is 1. The van der Waals surface area contributed by atoms with Gasteiger partial charge in [0.2, 0.25) is 5.89 Å². The minimum atomic E-state index is -0.440. The molecule has 2 aromatic rings. The fourth-order valence-electron chi connectivity index (χ4n) is 1.22. The highest BCUT2D eigenvalue weighted by atomic mass is 19.1. The van der Waals surface area contributed by atoms with E-state index in [2.05, 4.69) is 4.98 Å². The second-order valence-corrected chi connectivity index (χ2v) is 3.12. The Bertz CT molecular complexity index is 419. The van der Waals surface area contributed by atoms with E-state index in [0.717, 1.165) is 11.3 Å². The zero-order valence-corrected chi connectivity index (χ0v) is 7.83. The van der Waals surface area contributed by atoms with Crippen molar-refractivity contribution in [3.05, 3.63) is 41.8 Å². The van der Waals surface area contributed by atoms with Crippen molar-refractivity contribution in [2.45, 2.75) is 13.6 Å². The lowest BCUT2D eigenvalue weighted by Crippen LogP contribution is -1.80. The summed E-state index contributed by atoms with van der Waals surface area (Å²) >= 11 is 0. The lowest BCUT2D eigenvalue weighted by Gasteiger charge is -1.96. The molecular weight excluding hydrogens is 181 g/mol. The smallest absolute Gasteiger partial charge is 0.226 e. The van der Waals surface area contributed by atoms with Gasteiger partial charge in [-0.3, -0.25) is 0 Å². The maximum absolute atomic E-state index is 12.2. The van der Waals surface area contributed by atoms with Crippen LogP contribution in [0.1, 0.15) is 11.3 Å². The van der Waals surface area contributed by atoms with E-state index in [1.54, 1.807) is 30.5 Å². The predicted octanol–water partition coefficient (Wildman–Crippen LogP) is 3.12. The van der Waals surface area contributed by atoms with E-state index in [1.807, 2.05) is 6.92 Å². The summed E-state index contributed by atoms with van der Waals surface area (Å²) in [5.41, 5.74) is 2.38. The van der Waals surface area contributed by atoms with Gasteiger partial charge in [-0.2, -0.15) is 0 Å². The molecule has 0 aliphatic heterocycles. The molecule has 1 heterocycles. The van der Waals surface area contributed by atoms with Crippen LogP contribution in [-0.2, 0) is 6.67 Å². The molecule has 0 aliphatic rings.